The van der Waals surface area contributed by atoms with Crippen LogP contribution in [0.4, 0.5) is 0 Å². The summed E-state index contributed by atoms with van der Waals surface area (Å²) in [7, 11) is 0. The van der Waals surface area contributed by atoms with E-state index in [2.05, 4.69) is 4.90 Å². The largest absolute Gasteiger partial charge is 0.492 e. The van der Waals surface area contributed by atoms with E-state index in [1.54, 1.807) is 12.1 Å². The Labute approximate surface area is 112 Å². The third-order valence-corrected chi connectivity index (χ3v) is 3.08. The molecule has 0 radical (unpaired) electrons. The fraction of sp³-hybridized carbons (Fsp3) is 0.500. The molecule has 1 aliphatic heterocycles. The maximum absolute atomic E-state index is 10.9. The van der Waals surface area contributed by atoms with E-state index in [1.165, 1.54) is 0 Å². The average molecular weight is 265 g/mol. The first kappa shape index (κ1) is 13.8. The number of nitrogens with zero attached hydrogens (tertiary/aromatic N) is 1. The molecular formula is C14H19NO4. The molecular weight excluding hydrogens is 246 g/mol. The van der Waals surface area contributed by atoms with Gasteiger partial charge in [0.1, 0.15) is 12.4 Å². The van der Waals surface area contributed by atoms with Gasteiger partial charge >= 0.3 is 5.97 Å². The van der Waals surface area contributed by atoms with Gasteiger partial charge < -0.3 is 14.6 Å². The van der Waals surface area contributed by atoms with E-state index in [-0.39, 0.29) is 5.56 Å². The van der Waals surface area contributed by atoms with Crippen LogP contribution in [0, 0.1) is 6.92 Å². The molecule has 1 aromatic rings. The summed E-state index contributed by atoms with van der Waals surface area (Å²) in [5.74, 6) is -0.313. The molecule has 0 amide bonds. The fourth-order valence-corrected chi connectivity index (χ4v) is 2.07. The van der Waals surface area contributed by atoms with Gasteiger partial charge in [-0.25, -0.2) is 4.79 Å². The van der Waals surface area contributed by atoms with Gasteiger partial charge in [0.25, 0.3) is 0 Å². The van der Waals surface area contributed by atoms with Crippen molar-refractivity contribution in [3.8, 4) is 5.75 Å². The Kier molecular flexibility index (Phi) is 4.76. The van der Waals surface area contributed by atoms with Crippen LogP contribution < -0.4 is 4.74 Å². The predicted molar refractivity (Wildman–Crippen MR) is 70.9 cm³/mol. The maximum Gasteiger partial charge on any atom is 0.335 e. The molecule has 0 saturated carbocycles. The van der Waals surface area contributed by atoms with Gasteiger partial charge in [0.05, 0.1) is 18.8 Å². The second kappa shape index (κ2) is 6.54. The van der Waals surface area contributed by atoms with Crippen LogP contribution in [0.2, 0.25) is 0 Å². The summed E-state index contributed by atoms with van der Waals surface area (Å²) >= 11 is 0. The van der Waals surface area contributed by atoms with Crippen molar-refractivity contribution in [1.82, 2.24) is 4.90 Å². The first-order valence-electron chi connectivity index (χ1n) is 6.43. The lowest BCUT2D eigenvalue weighted by atomic mass is 10.1. The molecule has 1 heterocycles. The Hall–Kier alpha value is -1.59. The minimum absolute atomic E-state index is 0.265. The molecule has 0 aliphatic carbocycles. The first-order valence-corrected chi connectivity index (χ1v) is 6.43. The van der Waals surface area contributed by atoms with Gasteiger partial charge in [-0.3, -0.25) is 4.90 Å². The highest BCUT2D eigenvalue weighted by Gasteiger charge is 2.10. The summed E-state index contributed by atoms with van der Waals surface area (Å²) in [6.07, 6.45) is 0. The Morgan fingerprint density at radius 1 is 1.37 bits per heavy atom. The quantitative estimate of drug-likeness (QED) is 0.872. The SMILES string of the molecule is Cc1cc(OCCN2CCOCC2)cc(C(=O)O)c1. The second-order valence-electron chi connectivity index (χ2n) is 4.64. The predicted octanol–water partition coefficient (Wildman–Crippen LogP) is 1.40. The third-order valence-electron chi connectivity index (χ3n) is 3.08. The number of rotatable bonds is 5. The monoisotopic (exact) mass is 265 g/mol. The summed E-state index contributed by atoms with van der Waals surface area (Å²) in [6.45, 7) is 6.65. The molecule has 5 heteroatoms. The van der Waals surface area contributed by atoms with Crippen LogP contribution in [0.5, 0.6) is 5.75 Å². The van der Waals surface area contributed by atoms with Crippen LogP contribution in [-0.4, -0.2) is 55.4 Å². The van der Waals surface area contributed by atoms with Crippen molar-refractivity contribution in [1.29, 1.82) is 0 Å². The Balaban J connectivity index is 1.86. The van der Waals surface area contributed by atoms with Crippen molar-refractivity contribution >= 4 is 5.97 Å². The molecule has 0 bridgehead atoms. The zero-order valence-electron chi connectivity index (χ0n) is 11.1. The van der Waals surface area contributed by atoms with Crippen LogP contribution in [0.3, 0.4) is 0 Å². The Morgan fingerprint density at radius 2 is 2.11 bits per heavy atom. The summed E-state index contributed by atoms with van der Waals surface area (Å²) < 4.78 is 10.9. The Bertz CT molecular complexity index is 441. The van der Waals surface area contributed by atoms with Gasteiger partial charge in [-0.05, 0) is 30.7 Å². The molecule has 1 aromatic carbocycles. The van der Waals surface area contributed by atoms with E-state index >= 15 is 0 Å². The molecule has 1 aliphatic rings. The topological polar surface area (TPSA) is 59.0 Å². The van der Waals surface area contributed by atoms with Crippen molar-refractivity contribution in [3.05, 3.63) is 29.3 Å². The van der Waals surface area contributed by atoms with E-state index < -0.39 is 5.97 Å². The smallest absolute Gasteiger partial charge is 0.335 e. The van der Waals surface area contributed by atoms with Gasteiger partial charge in [-0.1, -0.05) is 0 Å². The Morgan fingerprint density at radius 3 is 2.79 bits per heavy atom. The summed E-state index contributed by atoms with van der Waals surface area (Å²) in [6, 6.07) is 5.05. The average Bonchev–Trinajstić information content (AvgIpc) is 2.39. The third kappa shape index (κ3) is 4.22. The number of morpholine rings is 1. The van der Waals surface area contributed by atoms with Crippen LogP contribution in [0.1, 0.15) is 15.9 Å². The van der Waals surface area contributed by atoms with Crippen LogP contribution >= 0.6 is 0 Å². The second-order valence-corrected chi connectivity index (χ2v) is 4.64. The molecule has 0 unspecified atom stereocenters. The highest BCUT2D eigenvalue weighted by atomic mass is 16.5. The first-order chi connectivity index (χ1) is 9.15. The van der Waals surface area contributed by atoms with Crippen molar-refractivity contribution in [2.24, 2.45) is 0 Å². The van der Waals surface area contributed by atoms with Crippen LogP contribution in [-0.2, 0) is 4.74 Å². The van der Waals surface area contributed by atoms with E-state index in [9.17, 15) is 4.79 Å². The minimum Gasteiger partial charge on any atom is -0.492 e. The summed E-state index contributed by atoms with van der Waals surface area (Å²) in [5.41, 5.74) is 1.16. The van der Waals surface area contributed by atoms with Crippen LogP contribution in [0.15, 0.2) is 18.2 Å². The lowest BCUT2D eigenvalue weighted by molar-refractivity contribution is 0.0322. The molecule has 0 aromatic heterocycles. The van der Waals surface area contributed by atoms with Gasteiger partial charge in [0, 0.05) is 19.6 Å². The molecule has 0 spiro atoms. The number of hydrogen-bond acceptors (Lipinski definition) is 4. The van der Waals surface area contributed by atoms with E-state index in [0.29, 0.717) is 12.4 Å². The van der Waals surface area contributed by atoms with Crippen molar-refractivity contribution in [3.63, 3.8) is 0 Å². The van der Waals surface area contributed by atoms with Crippen molar-refractivity contribution in [2.75, 3.05) is 39.5 Å². The van der Waals surface area contributed by atoms with Gasteiger partial charge in [-0.15, -0.1) is 0 Å². The lowest BCUT2D eigenvalue weighted by Crippen LogP contribution is -2.38. The summed E-state index contributed by atoms with van der Waals surface area (Å²) in [5, 5.41) is 8.99. The molecule has 0 atom stereocenters. The molecule has 1 fully saturated rings. The molecule has 5 nitrogen and oxygen atoms in total. The molecule has 1 saturated heterocycles. The highest BCUT2D eigenvalue weighted by Crippen LogP contribution is 2.17. The molecule has 104 valence electrons. The number of aromatic carboxylic acids is 1. The number of benzene rings is 1. The number of aryl methyl sites for hydroxylation is 1. The van der Waals surface area contributed by atoms with Crippen molar-refractivity contribution < 1.29 is 19.4 Å². The van der Waals surface area contributed by atoms with Gasteiger partial charge in [0.15, 0.2) is 0 Å². The van der Waals surface area contributed by atoms with E-state index in [4.69, 9.17) is 14.6 Å². The number of carboxylic acids is 1. The minimum atomic E-state index is -0.929. The normalized spacial score (nSPS) is 16.3. The molecule has 2 rings (SSSR count). The number of hydrogen-bond donors (Lipinski definition) is 1. The lowest BCUT2D eigenvalue weighted by Gasteiger charge is -2.26. The van der Waals surface area contributed by atoms with Gasteiger partial charge in [0.2, 0.25) is 0 Å². The standard InChI is InChI=1S/C14H19NO4/c1-11-8-12(14(16)17)10-13(9-11)19-7-4-15-2-5-18-6-3-15/h8-10H,2-7H2,1H3,(H,16,17). The zero-order chi connectivity index (χ0) is 13.7. The van der Waals surface area contributed by atoms with Crippen LogP contribution in [0.25, 0.3) is 0 Å². The zero-order valence-corrected chi connectivity index (χ0v) is 11.1. The van der Waals surface area contributed by atoms with E-state index in [1.807, 2.05) is 13.0 Å². The van der Waals surface area contributed by atoms with E-state index in [0.717, 1.165) is 38.4 Å². The number of carboxylic acid groups (broad SMARTS) is 1. The number of ether oxygens (including phenoxy) is 2. The molecule has 19 heavy (non-hydrogen) atoms. The maximum atomic E-state index is 10.9. The van der Waals surface area contributed by atoms with Crippen molar-refractivity contribution in [2.45, 2.75) is 6.92 Å². The van der Waals surface area contributed by atoms with Gasteiger partial charge in [-0.2, -0.15) is 0 Å². The highest BCUT2D eigenvalue weighted by molar-refractivity contribution is 5.88. The fourth-order valence-electron chi connectivity index (χ4n) is 2.07. The summed E-state index contributed by atoms with van der Waals surface area (Å²) in [4.78, 5) is 13.2. The number of carbonyl (C=O) groups is 1. The molecule has 1 N–H and O–H groups in total.